The number of Topliss-reactive ketones (excluding diaryl/α,β-unsaturated/α-hetero) is 2. The van der Waals surface area contributed by atoms with E-state index < -0.39 is 5.92 Å². The zero-order valence-corrected chi connectivity index (χ0v) is 23.7. The van der Waals surface area contributed by atoms with Crippen LogP contribution < -0.4 is 9.47 Å². The number of allylic oxidation sites excluding steroid dienone is 5. The van der Waals surface area contributed by atoms with Crippen LogP contribution in [0.4, 0.5) is 0 Å². The van der Waals surface area contributed by atoms with Crippen molar-refractivity contribution < 1.29 is 23.8 Å². The van der Waals surface area contributed by atoms with Crippen molar-refractivity contribution >= 4 is 11.6 Å². The monoisotopic (exact) mass is 526 g/mol. The number of carbonyl (C=O) groups excluding carboxylic acids is 2. The average molecular weight is 527 g/mol. The van der Waals surface area contributed by atoms with Gasteiger partial charge in [0.25, 0.3) is 0 Å². The van der Waals surface area contributed by atoms with Crippen LogP contribution in [0.1, 0.15) is 76.0 Å². The van der Waals surface area contributed by atoms with Gasteiger partial charge in [0.1, 0.15) is 18.1 Å². The van der Waals surface area contributed by atoms with Gasteiger partial charge < -0.3 is 14.2 Å². The first kappa shape index (κ1) is 27.0. The lowest BCUT2D eigenvalue weighted by Crippen LogP contribution is -2.37. The normalized spacial score (nSPS) is 20.2. The molecule has 0 saturated carbocycles. The summed E-state index contributed by atoms with van der Waals surface area (Å²) in [4.78, 5) is 27.4. The molecule has 204 valence electrons. The van der Waals surface area contributed by atoms with E-state index in [2.05, 4.69) is 40.3 Å². The van der Waals surface area contributed by atoms with Gasteiger partial charge in [-0.2, -0.15) is 0 Å². The van der Waals surface area contributed by atoms with Crippen LogP contribution in [0.2, 0.25) is 0 Å². The Morgan fingerprint density at radius 1 is 0.923 bits per heavy atom. The summed E-state index contributed by atoms with van der Waals surface area (Å²) < 4.78 is 18.6. The topological polar surface area (TPSA) is 61.8 Å². The summed E-state index contributed by atoms with van der Waals surface area (Å²) in [5.74, 6) is 2.24. The fourth-order valence-electron chi connectivity index (χ4n) is 6.21. The average Bonchev–Trinajstić information content (AvgIpc) is 2.85. The maximum absolute atomic E-state index is 13.7. The fraction of sp³-hybridized carbons (Fsp3) is 0.412. The molecule has 0 spiro atoms. The minimum absolute atomic E-state index is 0.0454. The number of methoxy groups -OCH3 is 1. The summed E-state index contributed by atoms with van der Waals surface area (Å²) in [6.45, 7) is 12.7. The first-order chi connectivity index (χ1) is 18.5. The Morgan fingerprint density at radius 3 is 2.05 bits per heavy atom. The number of ketones is 2. The van der Waals surface area contributed by atoms with E-state index in [0.29, 0.717) is 72.9 Å². The second-order valence-corrected chi connectivity index (χ2v) is 12.6. The molecule has 0 N–H and O–H groups in total. The van der Waals surface area contributed by atoms with Gasteiger partial charge in [-0.15, -0.1) is 6.58 Å². The number of hydrogen-bond donors (Lipinski definition) is 0. The van der Waals surface area contributed by atoms with Crippen LogP contribution in [0.3, 0.4) is 0 Å². The smallest absolute Gasteiger partial charge is 0.165 e. The zero-order valence-electron chi connectivity index (χ0n) is 23.7. The lowest BCUT2D eigenvalue weighted by molar-refractivity contribution is -0.120. The number of carbonyl (C=O) groups is 2. The highest BCUT2D eigenvalue weighted by Crippen LogP contribution is 2.54. The molecule has 1 heterocycles. The fourth-order valence-corrected chi connectivity index (χ4v) is 6.21. The quantitative estimate of drug-likeness (QED) is 0.352. The van der Waals surface area contributed by atoms with Crippen LogP contribution in [0.25, 0.3) is 0 Å². The van der Waals surface area contributed by atoms with Crippen LogP contribution >= 0.6 is 0 Å². The van der Waals surface area contributed by atoms with Gasteiger partial charge in [-0.25, -0.2) is 0 Å². The van der Waals surface area contributed by atoms with Crippen LogP contribution in [0.5, 0.6) is 11.5 Å². The molecule has 1 aliphatic heterocycles. The molecule has 0 fully saturated rings. The van der Waals surface area contributed by atoms with Crippen molar-refractivity contribution in [2.75, 3.05) is 7.11 Å². The van der Waals surface area contributed by atoms with Gasteiger partial charge in [0.05, 0.1) is 7.11 Å². The molecule has 0 atom stereocenters. The van der Waals surface area contributed by atoms with Gasteiger partial charge in [0.15, 0.2) is 23.1 Å². The summed E-state index contributed by atoms with van der Waals surface area (Å²) in [5, 5.41) is 0. The highest BCUT2D eigenvalue weighted by Gasteiger charge is 2.48. The van der Waals surface area contributed by atoms with Crippen LogP contribution in [-0.2, 0) is 27.4 Å². The summed E-state index contributed by atoms with van der Waals surface area (Å²) in [5.41, 5.74) is 3.63. The summed E-state index contributed by atoms with van der Waals surface area (Å²) in [6, 6.07) is 14.0. The lowest BCUT2D eigenvalue weighted by Gasteiger charge is -2.42. The first-order valence-corrected chi connectivity index (χ1v) is 13.7. The van der Waals surface area contributed by atoms with E-state index in [4.69, 9.17) is 14.2 Å². The SMILES string of the molecule is C=CCc1cc(C2C3=C(CC(C)(C)CC3=O)OC3=C2C(=O)CC(C)(C)C3)cc(OC)c1OCc1ccccc1. The van der Waals surface area contributed by atoms with E-state index in [-0.39, 0.29) is 22.4 Å². The maximum atomic E-state index is 13.7. The zero-order chi connectivity index (χ0) is 27.9. The third kappa shape index (κ3) is 5.32. The van der Waals surface area contributed by atoms with Gasteiger partial charge in [-0.3, -0.25) is 9.59 Å². The third-order valence-corrected chi connectivity index (χ3v) is 7.88. The van der Waals surface area contributed by atoms with Gasteiger partial charge in [-0.05, 0) is 34.4 Å². The molecule has 5 nitrogen and oxygen atoms in total. The molecule has 2 aliphatic carbocycles. The maximum Gasteiger partial charge on any atom is 0.165 e. The number of ether oxygens (including phenoxy) is 3. The number of benzene rings is 2. The van der Waals surface area contributed by atoms with Crippen LogP contribution in [0, 0.1) is 10.8 Å². The molecule has 5 heteroatoms. The van der Waals surface area contributed by atoms with Gasteiger partial charge in [-0.1, -0.05) is 70.2 Å². The van der Waals surface area contributed by atoms with Crippen molar-refractivity contribution in [3.05, 3.63) is 94.5 Å². The summed E-state index contributed by atoms with van der Waals surface area (Å²) >= 11 is 0. The Kier molecular flexibility index (Phi) is 7.04. The van der Waals surface area contributed by atoms with E-state index in [1.165, 1.54) is 0 Å². The standard InChI is InChI=1S/C34H38O5/c1-7-11-22-14-23(15-26(37-6)32(22)38-20-21-12-9-8-10-13-21)29-30-24(35)16-33(2,3)18-27(30)39-28-19-34(4,5)17-25(36)31(28)29/h7-10,12-15,29H,1,11,16-20H2,2-6H3. The molecule has 2 aromatic rings. The van der Waals surface area contributed by atoms with E-state index in [0.717, 1.165) is 16.7 Å². The summed E-state index contributed by atoms with van der Waals surface area (Å²) in [7, 11) is 1.62. The van der Waals surface area contributed by atoms with E-state index in [9.17, 15) is 9.59 Å². The van der Waals surface area contributed by atoms with Crippen molar-refractivity contribution in [1.29, 1.82) is 0 Å². The Labute approximate surface area is 231 Å². The molecule has 0 unspecified atom stereocenters. The molecule has 0 saturated heterocycles. The molecule has 5 rings (SSSR count). The van der Waals surface area contributed by atoms with Gasteiger partial charge in [0, 0.05) is 48.3 Å². The molecule has 39 heavy (non-hydrogen) atoms. The Balaban J connectivity index is 1.65. The highest BCUT2D eigenvalue weighted by molar-refractivity contribution is 6.06. The molecule has 0 bridgehead atoms. The Morgan fingerprint density at radius 2 is 1.51 bits per heavy atom. The number of rotatable bonds is 7. The molecule has 2 aromatic carbocycles. The summed E-state index contributed by atoms with van der Waals surface area (Å²) in [6.07, 6.45) is 4.54. The van der Waals surface area contributed by atoms with Gasteiger partial charge >= 0.3 is 0 Å². The predicted octanol–water partition coefficient (Wildman–Crippen LogP) is 7.40. The second-order valence-electron chi connectivity index (χ2n) is 12.6. The highest BCUT2D eigenvalue weighted by atomic mass is 16.5. The van der Waals surface area contributed by atoms with Crippen molar-refractivity contribution in [3.63, 3.8) is 0 Å². The van der Waals surface area contributed by atoms with E-state index in [1.54, 1.807) is 7.11 Å². The van der Waals surface area contributed by atoms with E-state index >= 15 is 0 Å². The first-order valence-electron chi connectivity index (χ1n) is 13.7. The Bertz CT molecular complexity index is 1340. The van der Waals surface area contributed by atoms with E-state index in [1.807, 2.05) is 42.5 Å². The van der Waals surface area contributed by atoms with Crippen LogP contribution in [-0.4, -0.2) is 18.7 Å². The second kappa shape index (κ2) is 10.2. The molecule has 0 radical (unpaired) electrons. The largest absolute Gasteiger partial charge is 0.493 e. The minimum atomic E-state index is -0.489. The molecular weight excluding hydrogens is 488 g/mol. The lowest BCUT2D eigenvalue weighted by atomic mass is 9.65. The van der Waals surface area contributed by atoms with Crippen molar-refractivity contribution in [2.24, 2.45) is 10.8 Å². The molecular formula is C34H38O5. The molecule has 3 aliphatic rings. The van der Waals surface area contributed by atoms with Crippen molar-refractivity contribution in [2.45, 2.75) is 72.3 Å². The number of hydrogen-bond acceptors (Lipinski definition) is 5. The third-order valence-electron chi connectivity index (χ3n) is 7.88. The minimum Gasteiger partial charge on any atom is -0.493 e. The Hall–Kier alpha value is -3.60. The van der Waals surface area contributed by atoms with Crippen LogP contribution in [0.15, 0.2) is 77.8 Å². The molecule has 0 aromatic heterocycles. The van der Waals surface area contributed by atoms with Crippen molar-refractivity contribution in [1.82, 2.24) is 0 Å². The predicted molar refractivity (Wildman–Crippen MR) is 152 cm³/mol. The molecule has 0 amide bonds. The van der Waals surface area contributed by atoms with Gasteiger partial charge in [0.2, 0.25) is 0 Å². The van der Waals surface area contributed by atoms with Crippen molar-refractivity contribution in [3.8, 4) is 11.5 Å².